The summed E-state index contributed by atoms with van der Waals surface area (Å²) >= 11 is 0. The van der Waals surface area contributed by atoms with E-state index in [0.717, 1.165) is 40.1 Å². The van der Waals surface area contributed by atoms with Crippen molar-refractivity contribution in [3.8, 4) is 0 Å². The lowest BCUT2D eigenvalue weighted by Gasteiger charge is -2.32. The minimum absolute atomic E-state index is 0.0773. The van der Waals surface area contributed by atoms with Crippen molar-refractivity contribution in [2.45, 2.75) is 44.4 Å². The molecule has 2 atom stereocenters. The van der Waals surface area contributed by atoms with Crippen LogP contribution >= 0.6 is 0 Å². The van der Waals surface area contributed by atoms with Crippen molar-refractivity contribution in [3.05, 3.63) is 137 Å². The molecule has 1 heterocycles. The number of hydrogen-bond acceptors (Lipinski definition) is 8. The van der Waals surface area contributed by atoms with E-state index in [1.807, 2.05) is 91.0 Å². The summed E-state index contributed by atoms with van der Waals surface area (Å²) in [5.41, 5.74) is 3.25. The molecule has 0 bridgehead atoms. The number of sulfonamides is 1. The summed E-state index contributed by atoms with van der Waals surface area (Å²) in [4.78, 5) is 41.5. The van der Waals surface area contributed by atoms with Crippen LogP contribution in [0.25, 0.3) is 0 Å². The van der Waals surface area contributed by atoms with Gasteiger partial charge in [-0.1, -0.05) is 91.0 Å². The zero-order valence-corrected chi connectivity index (χ0v) is 32.2. The first-order valence-electron chi connectivity index (χ1n) is 18.6. The molecule has 55 heavy (non-hydrogen) atoms. The van der Waals surface area contributed by atoms with Gasteiger partial charge >= 0.3 is 6.09 Å². The topological polar surface area (TPSA) is 157 Å². The summed E-state index contributed by atoms with van der Waals surface area (Å²) in [6.45, 7) is 2.55. The fourth-order valence-electron chi connectivity index (χ4n) is 6.42. The average molecular weight is 770 g/mol. The van der Waals surface area contributed by atoms with Gasteiger partial charge in [0.2, 0.25) is 10.0 Å². The Bertz CT molecular complexity index is 1960. The van der Waals surface area contributed by atoms with Crippen LogP contribution in [0, 0.1) is 5.92 Å². The van der Waals surface area contributed by atoms with Gasteiger partial charge in [0.1, 0.15) is 6.61 Å². The molecular formula is C42H51N5O7S. The number of carbonyl (C=O) groups excluding carboxylic acids is 3. The monoisotopic (exact) mass is 769 g/mol. The van der Waals surface area contributed by atoms with Crippen LogP contribution in [0.15, 0.2) is 109 Å². The Labute approximate surface area is 323 Å². The molecule has 1 aliphatic heterocycles. The zero-order valence-electron chi connectivity index (χ0n) is 31.4. The minimum Gasteiger partial charge on any atom is -0.445 e. The van der Waals surface area contributed by atoms with Crippen LogP contribution in [-0.4, -0.2) is 94.5 Å². The van der Waals surface area contributed by atoms with Gasteiger partial charge in [-0.2, -0.15) is 0 Å². The lowest BCUT2D eigenvalue weighted by atomic mass is 9.96. The highest BCUT2D eigenvalue weighted by molar-refractivity contribution is 7.92. The Kier molecular flexibility index (Phi) is 14.8. The summed E-state index contributed by atoms with van der Waals surface area (Å²) < 4.78 is 31.5. The number of carbonyl (C=O) groups is 3. The van der Waals surface area contributed by atoms with E-state index in [1.54, 1.807) is 4.90 Å². The molecule has 0 spiro atoms. The molecule has 4 N–H and O–H groups in total. The smallest absolute Gasteiger partial charge is 0.410 e. The van der Waals surface area contributed by atoms with Crippen LogP contribution < -0.4 is 20.3 Å². The fourth-order valence-corrected chi connectivity index (χ4v) is 6.91. The largest absolute Gasteiger partial charge is 0.445 e. The second-order valence-electron chi connectivity index (χ2n) is 14.0. The Morgan fingerprint density at radius 2 is 1.40 bits per heavy atom. The van der Waals surface area contributed by atoms with E-state index in [1.165, 1.54) is 25.2 Å². The predicted molar refractivity (Wildman–Crippen MR) is 213 cm³/mol. The number of likely N-dealkylation sites (tertiary alicyclic amines) is 1. The van der Waals surface area contributed by atoms with Crippen molar-refractivity contribution in [2.24, 2.45) is 5.92 Å². The molecule has 5 rings (SSSR count). The van der Waals surface area contributed by atoms with E-state index < -0.39 is 34.0 Å². The van der Waals surface area contributed by atoms with Gasteiger partial charge in [-0.25, -0.2) is 13.2 Å². The maximum Gasteiger partial charge on any atom is 0.410 e. The number of ether oxygens (including phenoxy) is 1. The van der Waals surface area contributed by atoms with E-state index >= 15 is 0 Å². The lowest BCUT2D eigenvalue weighted by Crippen LogP contribution is -2.49. The summed E-state index contributed by atoms with van der Waals surface area (Å²) in [5.74, 6) is -0.721. The summed E-state index contributed by atoms with van der Waals surface area (Å²) in [6.07, 6.45) is 2.23. The van der Waals surface area contributed by atoms with Gasteiger partial charge in [-0.05, 0) is 73.0 Å². The van der Waals surface area contributed by atoms with E-state index in [-0.39, 0.29) is 36.1 Å². The van der Waals surface area contributed by atoms with E-state index in [2.05, 4.69) is 16.0 Å². The van der Waals surface area contributed by atoms with Gasteiger partial charge in [-0.15, -0.1) is 0 Å². The predicted octanol–water partition coefficient (Wildman–Crippen LogP) is 4.40. The first-order valence-corrected chi connectivity index (χ1v) is 20.4. The highest BCUT2D eigenvalue weighted by atomic mass is 32.2. The zero-order chi connectivity index (χ0) is 39.2. The van der Waals surface area contributed by atoms with Crippen molar-refractivity contribution in [3.63, 3.8) is 0 Å². The number of hydrogen-bond donors (Lipinski definition) is 4. The molecule has 1 saturated heterocycles. The van der Waals surface area contributed by atoms with Gasteiger partial charge in [0.05, 0.1) is 24.1 Å². The molecule has 4 aromatic carbocycles. The highest BCUT2D eigenvalue weighted by Crippen LogP contribution is 2.22. The minimum atomic E-state index is -3.72. The Hall–Kier alpha value is -5.24. The van der Waals surface area contributed by atoms with Crippen LogP contribution in [0.5, 0.6) is 0 Å². The molecule has 292 valence electrons. The summed E-state index contributed by atoms with van der Waals surface area (Å²) in [6, 6.07) is 32.3. The number of nitrogens with zero attached hydrogens (tertiary/aromatic N) is 2. The van der Waals surface area contributed by atoms with Crippen molar-refractivity contribution in [2.75, 3.05) is 50.3 Å². The van der Waals surface area contributed by atoms with Gasteiger partial charge in [0, 0.05) is 44.4 Å². The molecule has 1 aliphatic rings. The molecule has 4 aromatic rings. The second-order valence-corrected chi connectivity index (χ2v) is 16.0. The van der Waals surface area contributed by atoms with Gasteiger partial charge < -0.3 is 30.7 Å². The Balaban J connectivity index is 1.21. The molecule has 13 heteroatoms. The van der Waals surface area contributed by atoms with Crippen LogP contribution in [0.1, 0.15) is 50.2 Å². The van der Waals surface area contributed by atoms with Gasteiger partial charge in [0.25, 0.3) is 11.8 Å². The number of aliphatic hydroxyl groups excluding tert-OH is 1. The average Bonchev–Trinajstić information content (AvgIpc) is 3.20. The lowest BCUT2D eigenvalue weighted by molar-refractivity contribution is 0.0784. The van der Waals surface area contributed by atoms with Crippen LogP contribution in [-0.2, 0) is 34.2 Å². The SMILES string of the molecule is CN(c1cc(C(=O)NCCc2ccccc2)cc(C(=O)N[C@@H](Cc2ccccc2)[C@H](O)CNCC2CCN(C(=O)OCc3ccccc3)CC2)c1)S(C)(=O)=O. The van der Waals surface area contributed by atoms with Crippen molar-refractivity contribution >= 4 is 33.6 Å². The quantitative estimate of drug-likeness (QED) is 0.123. The molecule has 1 fully saturated rings. The van der Waals surface area contributed by atoms with E-state index in [9.17, 15) is 27.9 Å². The van der Waals surface area contributed by atoms with Crippen molar-refractivity contribution in [1.82, 2.24) is 20.9 Å². The first kappa shape index (κ1) is 40.9. The first-order chi connectivity index (χ1) is 26.5. The number of anilines is 1. The molecular weight excluding hydrogens is 719 g/mol. The molecule has 0 aromatic heterocycles. The maximum absolute atomic E-state index is 13.9. The van der Waals surface area contributed by atoms with Crippen LogP contribution in [0.4, 0.5) is 10.5 Å². The summed E-state index contributed by atoms with van der Waals surface area (Å²) in [5, 5.41) is 20.6. The Morgan fingerprint density at radius 1 is 0.836 bits per heavy atom. The number of benzene rings is 4. The van der Waals surface area contributed by atoms with Crippen molar-refractivity contribution < 1.29 is 32.6 Å². The Morgan fingerprint density at radius 3 is 2.00 bits per heavy atom. The number of piperidine rings is 1. The normalized spacial score (nSPS) is 14.4. The number of rotatable bonds is 17. The standard InChI is InChI=1S/C42H51N5O7S/c1-46(55(2,52)53)37-26-35(40(49)44-21-18-31-12-6-3-7-13-31)25-36(27-37)41(50)45-38(24-32-14-8-4-9-15-32)39(48)29-43-28-33-19-22-47(23-20-33)42(51)54-30-34-16-10-5-11-17-34/h3-17,25-27,33,38-39,43,48H,18-24,28-30H2,1-2H3,(H,44,49)(H,45,50)/t38-,39+/m0/s1. The molecule has 0 saturated carbocycles. The summed E-state index contributed by atoms with van der Waals surface area (Å²) in [7, 11) is -2.36. The van der Waals surface area contributed by atoms with E-state index in [4.69, 9.17) is 4.74 Å². The molecule has 0 radical (unpaired) electrons. The molecule has 0 aliphatic carbocycles. The number of nitrogens with one attached hydrogen (secondary N) is 3. The van der Waals surface area contributed by atoms with Crippen LogP contribution in [0.3, 0.4) is 0 Å². The molecule has 0 unspecified atom stereocenters. The molecule has 3 amide bonds. The fraction of sp³-hybridized carbons (Fsp3) is 0.357. The third-order valence-corrected chi connectivity index (χ3v) is 11.0. The maximum atomic E-state index is 13.9. The highest BCUT2D eigenvalue weighted by Gasteiger charge is 2.27. The third kappa shape index (κ3) is 12.7. The van der Waals surface area contributed by atoms with Crippen LogP contribution in [0.2, 0.25) is 0 Å². The second kappa shape index (κ2) is 19.9. The number of amides is 3. The van der Waals surface area contributed by atoms with Gasteiger partial charge in [-0.3, -0.25) is 13.9 Å². The van der Waals surface area contributed by atoms with E-state index in [0.29, 0.717) is 44.9 Å². The van der Waals surface area contributed by atoms with Crippen molar-refractivity contribution in [1.29, 1.82) is 0 Å². The number of aliphatic hydroxyl groups is 1. The third-order valence-electron chi connectivity index (χ3n) is 9.79. The van der Waals surface area contributed by atoms with Gasteiger partial charge in [0.15, 0.2) is 0 Å². The molecule has 12 nitrogen and oxygen atoms in total.